The topological polar surface area (TPSA) is 84.9 Å². The second kappa shape index (κ2) is 8.06. The Bertz CT molecular complexity index is 1010. The molecule has 0 unspecified atom stereocenters. The van der Waals surface area contributed by atoms with E-state index in [2.05, 4.69) is 5.32 Å². The van der Waals surface area contributed by atoms with Crippen molar-refractivity contribution < 1.29 is 23.9 Å². The molecule has 162 valence electrons. The highest BCUT2D eigenvalue weighted by Gasteiger charge is 2.36. The van der Waals surface area contributed by atoms with Crippen LogP contribution in [0.4, 0.5) is 0 Å². The molecule has 2 aliphatic rings. The number of benzene rings is 2. The fraction of sp³-hybridized carbons (Fsp3) is 0.375. The van der Waals surface area contributed by atoms with Gasteiger partial charge in [-0.25, -0.2) is 0 Å². The van der Waals surface area contributed by atoms with Crippen molar-refractivity contribution in [3.63, 3.8) is 0 Å². The Hall–Kier alpha value is -3.35. The lowest BCUT2D eigenvalue weighted by Crippen LogP contribution is -2.41. The molecule has 0 aromatic heterocycles. The lowest BCUT2D eigenvalue weighted by atomic mass is 9.89. The van der Waals surface area contributed by atoms with Crippen LogP contribution in [0.15, 0.2) is 42.5 Å². The SMILES string of the molecule is COc1ccc2c(c1)OC(C)(C)C[C@@H]2NC(=O)CCCN1C(=O)c2ccccc2C1=O. The van der Waals surface area contributed by atoms with Crippen LogP contribution in [-0.4, -0.2) is 41.9 Å². The van der Waals surface area contributed by atoms with Crippen molar-refractivity contribution in [1.29, 1.82) is 0 Å². The minimum atomic E-state index is -0.433. The van der Waals surface area contributed by atoms with E-state index in [9.17, 15) is 14.4 Å². The first kappa shape index (κ1) is 20.9. The zero-order chi connectivity index (χ0) is 22.2. The van der Waals surface area contributed by atoms with E-state index in [-0.39, 0.29) is 36.7 Å². The van der Waals surface area contributed by atoms with Crippen LogP contribution in [0.5, 0.6) is 11.5 Å². The average molecular weight is 422 g/mol. The van der Waals surface area contributed by atoms with E-state index in [1.165, 1.54) is 4.90 Å². The van der Waals surface area contributed by atoms with Crippen LogP contribution in [0, 0.1) is 0 Å². The maximum Gasteiger partial charge on any atom is 0.261 e. The van der Waals surface area contributed by atoms with Gasteiger partial charge in [0.2, 0.25) is 5.91 Å². The van der Waals surface area contributed by atoms with Crippen molar-refractivity contribution >= 4 is 17.7 Å². The quantitative estimate of drug-likeness (QED) is 0.721. The second-order valence-corrected chi connectivity index (χ2v) is 8.50. The predicted molar refractivity (Wildman–Crippen MR) is 114 cm³/mol. The normalized spacial score (nSPS) is 18.8. The standard InChI is InChI=1S/C24H26N2O5/c1-24(2)14-19(18-11-10-15(30-3)13-20(18)31-24)25-21(27)9-6-12-26-22(28)16-7-4-5-8-17(16)23(26)29/h4-5,7-8,10-11,13,19H,6,9,12,14H2,1-3H3,(H,25,27)/t19-/m0/s1. The van der Waals surface area contributed by atoms with Crippen molar-refractivity contribution in [2.24, 2.45) is 0 Å². The van der Waals surface area contributed by atoms with E-state index in [1.807, 2.05) is 32.0 Å². The van der Waals surface area contributed by atoms with Crippen LogP contribution in [0.1, 0.15) is 65.4 Å². The molecule has 31 heavy (non-hydrogen) atoms. The lowest BCUT2D eigenvalue weighted by Gasteiger charge is -2.38. The zero-order valence-corrected chi connectivity index (χ0v) is 17.9. The zero-order valence-electron chi connectivity index (χ0n) is 17.9. The number of carbonyl (C=O) groups excluding carboxylic acids is 3. The van der Waals surface area contributed by atoms with Gasteiger partial charge in [-0.1, -0.05) is 12.1 Å². The van der Waals surface area contributed by atoms with Crippen LogP contribution in [0.25, 0.3) is 0 Å². The summed E-state index contributed by atoms with van der Waals surface area (Å²) in [7, 11) is 1.60. The number of carbonyl (C=O) groups is 3. The van der Waals surface area contributed by atoms with Crippen LogP contribution in [0.3, 0.4) is 0 Å². The summed E-state index contributed by atoms with van der Waals surface area (Å²) in [5, 5.41) is 3.08. The number of hydrogen-bond acceptors (Lipinski definition) is 5. The van der Waals surface area contributed by atoms with E-state index in [4.69, 9.17) is 9.47 Å². The van der Waals surface area contributed by atoms with Gasteiger partial charge in [-0.15, -0.1) is 0 Å². The maximum absolute atomic E-state index is 12.6. The monoisotopic (exact) mass is 422 g/mol. The van der Waals surface area contributed by atoms with Gasteiger partial charge in [0.1, 0.15) is 17.1 Å². The minimum absolute atomic E-state index is 0.124. The minimum Gasteiger partial charge on any atom is -0.497 e. The largest absolute Gasteiger partial charge is 0.497 e. The summed E-state index contributed by atoms with van der Waals surface area (Å²) in [6.45, 7) is 4.18. The highest BCUT2D eigenvalue weighted by atomic mass is 16.5. The van der Waals surface area contributed by atoms with Crippen molar-refractivity contribution in [2.75, 3.05) is 13.7 Å². The summed E-state index contributed by atoms with van der Waals surface area (Å²) < 4.78 is 11.3. The molecule has 2 aromatic carbocycles. The molecule has 0 saturated carbocycles. The van der Waals surface area contributed by atoms with Crippen LogP contribution < -0.4 is 14.8 Å². The molecule has 2 aromatic rings. The fourth-order valence-electron chi connectivity index (χ4n) is 4.19. The summed E-state index contributed by atoms with van der Waals surface area (Å²) in [6.07, 6.45) is 1.26. The van der Waals surface area contributed by atoms with Gasteiger partial charge in [-0.05, 0) is 44.5 Å². The number of imide groups is 1. The highest BCUT2D eigenvalue weighted by molar-refractivity contribution is 6.21. The Morgan fingerprint density at radius 1 is 1.16 bits per heavy atom. The third kappa shape index (κ3) is 4.13. The van der Waals surface area contributed by atoms with Gasteiger partial charge in [-0.2, -0.15) is 0 Å². The van der Waals surface area contributed by atoms with Crippen molar-refractivity contribution in [3.05, 3.63) is 59.2 Å². The Morgan fingerprint density at radius 3 is 2.48 bits per heavy atom. The van der Waals surface area contributed by atoms with Crippen LogP contribution in [0.2, 0.25) is 0 Å². The molecule has 1 atom stereocenters. The molecule has 0 fully saturated rings. The lowest BCUT2D eigenvalue weighted by molar-refractivity contribution is -0.122. The van der Waals surface area contributed by atoms with E-state index in [1.54, 1.807) is 31.4 Å². The third-order valence-corrected chi connectivity index (χ3v) is 5.68. The third-order valence-electron chi connectivity index (χ3n) is 5.68. The molecule has 7 nitrogen and oxygen atoms in total. The molecule has 2 heterocycles. The molecule has 0 aliphatic carbocycles. The Kier molecular flexibility index (Phi) is 5.43. The molecule has 1 N–H and O–H groups in total. The van der Waals surface area contributed by atoms with Gasteiger partial charge in [0.15, 0.2) is 0 Å². The Labute approximate surface area is 181 Å². The van der Waals surface area contributed by atoms with Crippen molar-refractivity contribution in [1.82, 2.24) is 10.2 Å². The predicted octanol–water partition coefficient (Wildman–Crippen LogP) is 3.49. The summed E-state index contributed by atoms with van der Waals surface area (Å²) >= 11 is 0. The van der Waals surface area contributed by atoms with Gasteiger partial charge in [0, 0.05) is 31.0 Å². The smallest absolute Gasteiger partial charge is 0.261 e. The van der Waals surface area contributed by atoms with E-state index in [0.29, 0.717) is 35.5 Å². The van der Waals surface area contributed by atoms with Gasteiger partial charge in [0.25, 0.3) is 11.8 Å². The first-order chi connectivity index (χ1) is 14.8. The van der Waals surface area contributed by atoms with Gasteiger partial charge in [0.05, 0.1) is 24.3 Å². The maximum atomic E-state index is 12.6. The molecule has 4 rings (SSSR count). The highest BCUT2D eigenvalue weighted by Crippen LogP contribution is 2.41. The summed E-state index contributed by atoms with van der Waals surface area (Å²) in [5.74, 6) is 0.681. The number of amides is 3. The van der Waals surface area contributed by atoms with Crippen molar-refractivity contribution in [2.45, 2.75) is 44.8 Å². The molecule has 7 heteroatoms. The summed E-state index contributed by atoms with van der Waals surface area (Å²) in [6, 6.07) is 12.2. The second-order valence-electron chi connectivity index (χ2n) is 8.50. The molecule has 0 bridgehead atoms. The molecule has 3 amide bonds. The molecule has 0 saturated heterocycles. The first-order valence-corrected chi connectivity index (χ1v) is 10.4. The average Bonchev–Trinajstić information content (AvgIpc) is 2.97. The summed E-state index contributed by atoms with van der Waals surface area (Å²) in [5.41, 5.74) is 1.33. The van der Waals surface area contributed by atoms with Gasteiger partial charge >= 0.3 is 0 Å². The number of fused-ring (bicyclic) bond motifs is 2. The fourth-order valence-corrected chi connectivity index (χ4v) is 4.19. The van der Waals surface area contributed by atoms with Crippen molar-refractivity contribution in [3.8, 4) is 11.5 Å². The van der Waals surface area contributed by atoms with E-state index >= 15 is 0 Å². The molecule has 0 spiro atoms. The number of hydrogen-bond donors (Lipinski definition) is 1. The number of nitrogens with one attached hydrogen (secondary N) is 1. The number of nitrogens with zero attached hydrogens (tertiary/aromatic N) is 1. The number of methoxy groups -OCH3 is 1. The van der Waals surface area contributed by atoms with Gasteiger partial charge < -0.3 is 14.8 Å². The van der Waals surface area contributed by atoms with Crippen LogP contribution in [-0.2, 0) is 4.79 Å². The Morgan fingerprint density at radius 2 is 1.84 bits per heavy atom. The first-order valence-electron chi connectivity index (χ1n) is 10.4. The Balaban J connectivity index is 1.37. The summed E-state index contributed by atoms with van der Waals surface area (Å²) in [4.78, 5) is 38.7. The van der Waals surface area contributed by atoms with E-state index in [0.717, 1.165) is 5.56 Å². The molecule has 2 aliphatic heterocycles. The molecular formula is C24H26N2O5. The van der Waals surface area contributed by atoms with Gasteiger partial charge in [-0.3, -0.25) is 19.3 Å². The number of ether oxygens (including phenoxy) is 2. The molecule has 0 radical (unpaired) electrons. The molecular weight excluding hydrogens is 396 g/mol. The van der Waals surface area contributed by atoms with Crippen LogP contribution >= 0.6 is 0 Å². The number of rotatable bonds is 6. The van der Waals surface area contributed by atoms with E-state index < -0.39 is 5.60 Å².